The van der Waals surface area contributed by atoms with Crippen LogP contribution in [-0.2, 0) is 11.8 Å². The number of phenols is 1. The number of benzene rings is 1. The maximum Gasteiger partial charge on any atom is 0.243 e. The molecule has 0 unspecified atom stereocenters. The summed E-state index contributed by atoms with van der Waals surface area (Å²) in [5.74, 6) is 1.50. The van der Waals surface area contributed by atoms with E-state index in [2.05, 4.69) is 17.1 Å². The van der Waals surface area contributed by atoms with Crippen LogP contribution in [0.25, 0.3) is 0 Å². The van der Waals surface area contributed by atoms with Crippen LogP contribution >= 0.6 is 0 Å². The molecule has 0 saturated heterocycles. The van der Waals surface area contributed by atoms with Crippen molar-refractivity contribution in [1.82, 2.24) is 10.1 Å². The number of nitrogens with zero attached hydrogens (tertiary/aromatic N) is 2. The first-order valence-corrected chi connectivity index (χ1v) is 6.44. The van der Waals surface area contributed by atoms with Gasteiger partial charge in [-0.05, 0) is 37.0 Å². The second-order valence-corrected chi connectivity index (χ2v) is 5.49. The van der Waals surface area contributed by atoms with Gasteiger partial charge in [0.1, 0.15) is 5.75 Å². The van der Waals surface area contributed by atoms with E-state index in [-0.39, 0.29) is 17.2 Å². The molecule has 1 heterocycles. The molecule has 3 rings (SSSR count). The highest BCUT2D eigenvalue weighted by Crippen LogP contribution is 2.46. The van der Waals surface area contributed by atoms with Crippen molar-refractivity contribution in [1.29, 1.82) is 0 Å². The summed E-state index contributed by atoms with van der Waals surface area (Å²) >= 11 is 0. The van der Waals surface area contributed by atoms with Crippen molar-refractivity contribution in [3.63, 3.8) is 0 Å². The van der Waals surface area contributed by atoms with E-state index in [0.29, 0.717) is 12.3 Å². The third-order valence-electron chi connectivity index (χ3n) is 3.69. The predicted octanol–water partition coefficient (Wildman–Crippen LogP) is 2.07. The first-order chi connectivity index (χ1) is 9.07. The molecule has 0 amide bonds. The maximum atomic E-state index is 9.24. The Morgan fingerprint density at radius 3 is 2.68 bits per heavy atom. The lowest BCUT2D eigenvalue weighted by Crippen LogP contribution is -2.14. The first kappa shape index (κ1) is 12.2. The van der Waals surface area contributed by atoms with E-state index in [4.69, 9.17) is 10.3 Å². The minimum atomic E-state index is -0.312. The molecule has 1 aliphatic carbocycles. The van der Waals surface area contributed by atoms with Gasteiger partial charge in [0, 0.05) is 5.41 Å². The third kappa shape index (κ3) is 2.46. The largest absolute Gasteiger partial charge is 0.508 e. The molecule has 0 bridgehead atoms. The highest BCUT2D eigenvalue weighted by Gasteiger charge is 2.43. The zero-order valence-corrected chi connectivity index (χ0v) is 10.8. The van der Waals surface area contributed by atoms with Gasteiger partial charge < -0.3 is 15.4 Å². The van der Waals surface area contributed by atoms with E-state index in [1.165, 1.54) is 0 Å². The van der Waals surface area contributed by atoms with Crippen LogP contribution in [0.1, 0.15) is 43.1 Å². The van der Waals surface area contributed by atoms with Gasteiger partial charge in [0.15, 0.2) is 5.82 Å². The molecule has 5 nitrogen and oxygen atoms in total. The summed E-state index contributed by atoms with van der Waals surface area (Å²) in [5, 5.41) is 13.3. The fraction of sp³-hybridized carbons (Fsp3) is 0.429. The summed E-state index contributed by atoms with van der Waals surface area (Å²) in [6.45, 7) is 2.13. The molecule has 100 valence electrons. The van der Waals surface area contributed by atoms with Crippen LogP contribution in [-0.4, -0.2) is 15.2 Å². The number of aromatic nitrogens is 2. The molecular formula is C14H17N3O2. The highest BCUT2D eigenvalue weighted by atomic mass is 16.5. The Morgan fingerprint density at radius 1 is 1.37 bits per heavy atom. The van der Waals surface area contributed by atoms with Crippen LogP contribution in [0.2, 0.25) is 0 Å². The average molecular weight is 259 g/mol. The summed E-state index contributed by atoms with van der Waals surface area (Å²) in [4.78, 5) is 4.41. The number of nitrogens with two attached hydrogens (primary N) is 1. The lowest BCUT2D eigenvalue weighted by atomic mass is 10.1. The van der Waals surface area contributed by atoms with Gasteiger partial charge in [-0.1, -0.05) is 24.2 Å². The van der Waals surface area contributed by atoms with Crippen LogP contribution in [0, 0.1) is 0 Å². The normalized spacial score (nSPS) is 18.2. The average Bonchev–Trinajstić information content (AvgIpc) is 2.95. The molecule has 1 fully saturated rings. The highest BCUT2D eigenvalue weighted by molar-refractivity contribution is 5.26. The summed E-state index contributed by atoms with van der Waals surface area (Å²) in [5.41, 5.74) is 7.21. The van der Waals surface area contributed by atoms with Gasteiger partial charge in [-0.2, -0.15) is 4.98 Å². The molecule has 0 spiro atoms. The van der Waals surface area contributed by atoms with E-state index in [0.717, 1.165) is 24.2 Å². The Morgan fingerprint density at radius 2 is 2.05 bits per heavy atom. The number of aromatic hydroxyl groups is 1. The molecule has 19 heavy (non-hydrogen) atoms. The lowest BCUT2D eigenvalue weighted by molar-refractivity contribution is 0.347. The monoisotopic (exact) mass is 259 g/mol. The standard InChI is InChI=1S/C14H17N3O2/c1-14(6-7-14)13-16-12(19-17-13)11(15)8-9-2-4-10(18)5-3-9/h2-5,11,18H,6-8,15H2,1H3/t11-/m1/s1. The number of hydrogen-bond donors (Lipinski definition) is 2. The summed E-state index contributed by atoms with van der Waals surface area (Å²) in [6, 6.07) is 6.66. The van der Waals surface area contributed by atoms with Crippen LogP contribution in [0.4, 0.5) is 0 Å². The van der Waals surface area contributed by atoms with Crippen molar-refractivity contribution in [2.45, 2.75) is 37.6 Å². The summed E-state index contributed by atoms with van der Waals surface area (Å²) < 4.78 is 5.25. The van der Waals surface area contributed by atoms with Crippen LogP contribution < -0.4 is 5.73 Å². The van der Waals surface area contributed by atoms with Crippen molar-refractivity contribution in [3.05, 3.63) is 41.5 Å². The SMILES string of the molecule is CC1(c2noc([C@H](N)Cc3ccc(O)cc3)n2)CC1. The van der Waals surface area contributed by atoms with Crippen molar-refractivity contribution >= 4 is 0 Å². The Kier molecular flexibility index (Phi) is 2.78. The van der Waals surface area contributed by atoms with Crippen molar-refractivity contribution < 1.29 is 9.63 Å². The van der Waals surface area contributed by atoms with Crippen LogP contribution in [0.5, 0.6) is 5.75 Å². The van der Waals surface area contributed by atoms with E-state index in [9.17, 15) is 5.11 Å². The fourth-order valence-electron chi connectivity index (χ4n) is 2.02. The van der Waals surface area contributed by atoms with E-state index in [1.807, 2.05) is 12.1 Å². The van der Waals surface area contributed by atoms with Gasteiger partial charge in [-0.15, -0.1) is 0 Å². The molecule has 1 aliphatic rings. The zero-order chi connectivity index (χ0) is 13.5. The van der Waals surface area contributed by atoms with E-state index >= 15 is 0 Å². The van der Waals surface area contributed by atoms with Gasteiger partial charge in [0.2, 0.25) is 5.89 Å². The van der Waals surface area contributed by atoms with E-state index in [1.54, 1.807) is 12.1 Å². The second kappa shape index (κ2) is 4.35. The van der Waals surface area contributed by atoms with Crippen molar-refractivity contribution in [2.75, 3.05) is 0 Å². The first-order valence-electron chi connectivity index (χ1n) is 6.44. The molecule has 1 aromatic heterocycles. The fourth-order valence-corrected chi connectivity index (χ4v) is 2.02. The van der Waals surface area contributed by atoms with Crippen LogP contribution in [0.15, 0.2) is 28.8 Å². The predicted molar refractivity (Wildman–Crippen MR) is 69.6 cm³/mol. The minimum Gasteiger partial charge on any atom is -0.508 e. The topological polar surface area (TPSA) is 85.2 Å². The number of rotatable bonds is 4. The Hall–Kier alpha value is -1.88. The quantitative estimate of drug-likeness (QED) is 0.878. The molecule has 0 aliphatic heterocycles. The molecule has 1 saturated carbocycles. The molecule has 1 aromatic carbocycles. The third-order valence-corrected chi connectivity index (χ3v) is 3.69. The Bertz CT molecular complexity index is 573. The molecule has 1 atom stereocenters. The van der Waals surface area contributed by atoms with Gasteiger partial charge in [-0.25, -0.2) is 0 Å². The molecule has 5 heteroatoms. The van der Waals surface area contributed by atoms with Crippen LogP contribution in [0.3, 0.4) is 0 Å². The summed E-state index contributed by atoms with van der Waals surface area (Å²) in [6.07, 6.45) is 2.83. The molecule has 0 radical (unpaired) electrons. The number of phenolic OH excluding ortho intramolecular Hbond substituents is 1. The Balaban J connectivity index is 1.71. The number of hydrogen-bond acceptors (Lipinski definition) is 5. The molecular weight excluding hydrogens is 242 g/mol. The second-order valence-electron chi connectivity index (χ2n) is 5.49. The van der Waals surface area contributed by atoms with Gasteiger partial charge in [-0.3, -0.25) is 0 Å². The van der Waals surface area contributed by atoms with Gasteiger partial charge in [0.05, 0.1) is 6.04 Å². The minimum absolute atomic E-state index is 0.0972. The summed E-state index contributed by atoms with van der Waals surface area (Å²) in [7, 11) is 0. The van der Waals surface area contributed by atoms with Crippen molar-refractivity contribution in [3.8, 4) is 5.75 Å². The van der Waals surface area contributed by atoms with E-state index < -0.39 is 0 Å². The molecule has 3 N–H and O–H groups in total. The Labute approximate surface area is 111 Å². The maximum absolute atomic E-state index is 9.24. The molecule has 2 aromatic rings. The van der Waals surface area contributed by atoms with Crippen molar-refractivity contribution in [2.24, 2.45) is 5.73 Å². The van der Waals surface area contributed by atoms with Gasteiger partial charge >= 0.3 is 0 Å². The zero-order valence-electron chi connectivity index (χ0n) is 10.8. The lowest BCUT2D eigenvalue weighted by Gasteiger charge is -2.06. The smallest absolute Gasteiger partial charge is 0.243 e. The van der Waals surface area contributed by atoms with Gasteiger partial charge in [0.25, 0.3) is 0 Å².